The summed E-state index contributed by atoms with van der Waals surface area (Å²) in [6, 6.07) is 1.90. The summed E-state index contributed by atoms with van der Waals surface area (Å²) < 4.78 is 1.47. The molecule has 2 aromatic rings. The van der Waals surface area contributed by atoms with Gasteiger partial charge < -0.3 is 5.11 Å². The third-order valence-electron chi connectivity index (χ3n) is 2.66. The number of carboxylic acid groups (broad SMARTS) is 1. The van der Waals surface area contributed by atoms with Gasteiger partial charge in [0.2, 0.25) is 0 Å². The van der Waals surface area contributed by atoms with Gasteiger partial charge in [0.25, 0.3) is 0 Å². The number of aromatic nitrogens is 5. The first-order valence-corrected chi connectivity index (χ1v) is 6.15. The predicted octanol–water partition coefficient (Wildman–Crippen LogP) is 1.27. The maximum atomic E-state index is 10.3. The highest BCUT2D eigenvalue weighted by atomic mass is 16.4. The van der Waals surface area contributed by atoms with Gasteiger partial charge in [-0.05, 0) is 32.8 Å². The number of nitrogens with one attached hydrogen (secondary N) is 1. The molecule has 7 heteroatoms. The van der Waals surface area contributed by atoms with Gasteiger partial charge in [0.15, 0.2) is 0 Å². The van der Waals surface area contributed by atoms with Crippen LogP contribution in [0.1, 0.15) is 36.1 Å². The van der Waals surface area contributed by atoms with Crippen LogP contribution in [0.2, 0.25) is 0 Å². The topological polar surface area (TPSA) is 96.7 Å². The van der Waals surface area contributed by atoms with Crippen LogP contribution >= 0.6 is 0 Å². The lowest BCUT2D eigenvalue weighted by Crippen LogP contribution is -2.09. The van der Waals surface area contributed by atoms with Gasteiger partial charge in [-0.25, -0.2) is 4.98 Å². The van der Waals surface area contributed by atoms with E-state index in [4.69, 9.17) is 5.11 Å². The fourth-order valence-electron chi connectivity index (χ4n) is 1.66. The molecule has 19 heavy (non-hydrogen) atoms. The Morgan fingerprint density at radius 3 is 2.68 bits per heavy atom. The third kappa shape index (κ3) is 4.20. The Bertz CT molecular complexity index is 539. The molecule has 0 amide bonds. The number of aryl methyl sites for hydroxylation is 2. The van der Waals surface area contributed by atoms with Crippen LogP contribution in [0, 0.1) is 13.8 Å². The number of aromatic amines is 1. The lowest BCUT2D eigenvalue weighted by molar-refractivity contribution is -0.137. The first-order valence-electron chi connectivity index (χ1n) is 6.15. The quantitative estimate of drug-likeness (QED) is 0.869. The number of H-pyrrole nitrogens is 1. The summed E-state index contributed by atoms with van der Waals surface area (Å²) in [4.78, 5) is 14.2. The Labute approximate surface area is 110 Å². The Balaban J connectivity index is 0.000000163. The van der Waals surface area contributed by atoms with Gasteiger partial charge in [-0.15, -0.1) is 0 Å². The van der Waals surface area contributed by atoms with E-state index < -0.39 is 5.97 Å². The molecule has 3 rings (SSSR count). The largest absolute Gasteiger partial charge is 0.480 e. The van der Waals surface area contributed by atoms with Gasteiger partial charge in [-0.3, -0.25) is 14.6 Å². The molecule has 0 saturated heterocycles. The molecule has 102 valence electrons. The number of carboxylic acids is 1. The maximum absolute atomic E-state index is 10.3. The van der Waals surface area contributed by atoms with Gasteiger partial charge in [-0.1, -0.05) is 0 Å². The van der Waals surface area contributed by atoms with Gasteiger partial charge in [-0.2, -0.15) is 10.2 Å². The third-order valence-corrected chi connectivity index (χ3v) is 2.66. The summed E-state index contributed by atoms with van der Waals surface area (Å²) >= 11 is 0. The number of nitrogens with zero attached hydrogens (tertiary/aromatic N) is 4. The number of carbonyl (C=O) groups is 1. The molecular weight excluding hydrogens is 246 g/mol. The molecule has 0 unspecified atom stereocenters. The van der Waals surface area contributed by atoms with Crippen molar-refractivity contribution in [2.45, 2.75) is 39.2 Å². The van der Waals surface area contributed by atoms with Crippen molar-refractivity contribution in [2.75, 3.05) is 0 Å². The summed E-state index contributed by atoms with van der Waals surface area (Å²) in [6.07, 6.45) is 4.12. The van der Waals surface area contributed by atoms with Crippen LogP contribution in [0.25, 0.3) is 0 Å². The average Bonchev–Trinajstić information content (AvgIpc) is 2.97. The molecule has 0 spiro atoms. The fraction of sp³-hybridized carbons (Fsp3) is 0.500. The van der Waals surface area contributed by atoms with Crippen LogP contribution in [0.15, 0.2) is 12.3 Å². The molecule has 0 radical (unpaired) electrons. The summed E-state index contributed by atoms with van der Waals surface area (Å²) in [6.45, 7) is 3.69. The standard InChI is InChI=1S/C8H10N2O2.C4H7N3/c11-8(12)5-10-4-3-7(9-10)6-1-2-6;1-3-5-4(2)7-6-3/h3-4,6H,1-2,5H2,(H,11,12);1-2H3,(H,5,6,7). The first kappa shape index (κ1) is 13.3. The summed E-state index contributed by atoms with van der Waals surface area (Å²) in [7, 11) is 0. The van der Waals surface area contributed by atoms with Crippen molar-refractivity contribution in [2.24, 2.45) is 0 Å². The van der Waals surface area contributed by atoms with E-state index in [0.29, 0.717) is 5.92 Å². The molecular formula is C12H17N5O2. The van der Waals surface area contributed by atoms with E-state index >= 15 is 0 Å². The summed E-state index contributed by atoms with van der Waals surface area (Å²) in [5.74, 6) is 1.43. The molecule has 2 aromatic heterocycles. The van der Waals surface area contributed by atoms with Gasteiger partial charge >= 0.3 is 5.97 Å². The Hall–Kier alpha value is -2.18. The first-order chi connectivity index (χ1) is 9.04. The lowest BCUT2D eigenvalue weighted by Gasteiger charge is -1.93. The molecule has 1 fully saturated rings. The molecule has 0 aromatic carbocycles. The number of hydrogen-bond acceptors (Lipinski definition) is 4. The molecule has 0 aliphatic heterocycles. The zero-order valence-electron chi connectivity index (χ0n) is 11.0. The monoisotopic (exact) mass is 263 g/mol. The molecule has 0 atom stereocenters. The van der Waals surface area contributed by atoms with E-state index in [1.807, 2.05) is 19.9 Å². The van der Waals surface area contributed by atoms with E-state index in [-0.39, 0.29) is 6.54 Å². The van der Waals surface area contributed by atoms with Crippen molar-refractivity contribution in [1.82, 2.24) is 25.0 Å². The minimum absolute atomic E-state index is 0.0350. The van der Waals surface area contributed by atoms with Crippen LogP contribution in [0.4, 0.5) is 0 Å². The van der Waals surface area contributed by atoms with Gasteiger partial charge in [0.05, 0.1) is 5.69 Å². The Morgan fingerprint density at radius 1 is 1.53 bits per heavy atom. The van der Waals surface area contributed by atoms with E-state index in [9.17, 15) is 4.79 Å². The highest BCUT2D eigenvalue weighted by Gasteiger charge is 2.25. The second-order valence-corrected chi connectivity index (χ2v) is 4.57. The Kier molecular flexibility index (Phi) is 3.94. The van der Waals surface area contributed by atoms with Crippen molar-refractivity contribution in [3.05, 3.63) is 29.6 Å². The van der Waals surface area contributed by atoms with E-state index in [1.165, 1.54) is 17.5 Å². The van der Waals surface area contributed by atoms with Crippen molar-refractivity contribution >= 4 is 5.97 Å². The van der Waals surface area contributed by atoms with E-state index in [2.05, 4.69) is 20.3 Å². The van der Waals surface area contributed by atoms with Crippen molar-refractivity contribution in [1.29, 1.82) is 0 Å². The molecule has 2 N–H and O–H groups in total. The van der Waals surface area contributed by atoms with E-state index in [1.54, 1.807) is 6.20 Å². The normalized spacial score (nSPS) is 13.8. The molecule has 7 nitrogen and oxygen atoms in total. The van der Waals surface area contributed by atoms with Crippen LogP contribution in [-0.2, 0) is 11.3 Å². The van der Waals surface area contributed by atoms with Crippen molar-refractivity contribution < 1.29 is 9.90 Å². The fourth-order valence-corrected chi connectivity index (χ4v) is 1.66. The van der Waals surface area contributed by atoms with Gasteiger partial charge in [0.1, 0.15) is 18.2 Å². The summed E-state index contributed by atoms with van der Waals surface area (Å²) in [5.41, 5.74) is 1.04. The smallest absolute Gasteiger partial charge is 0.325 e. The second kappa shape index (κ2) is 5.64. The molecule has 1 saturated carbocycles. The number of hydrogen-bond donors (Lipinski definition) is 2. The lowest BCUT2D eigenvalue weighted by atomic mass is 10.3. The molecule has 1 aliphatic carbocycles. The van der Waals surface area contributed by atoms with Crippen LogP contribution in [-0.4, -0.2) is 36.0 Å². The number of rotatable bonds is 3. The molecule has 2 heterocycles. The van der Waals surface area contributed by atoms with Crippen LogP contribution in [0.3, 0.4) is 0 Å². The second-order valence-electron chi connectivity index (χ2n) is 4.57. The van der Waals surface area contributed by atoms with Crippen molar-refractivity contribution in [3.63, 3.8) is 0 Å². The van der Waals surface area contributed by atoms with Crippen molar-refractivity contribution in [3.8, 4) is 0 Å². The maximum Gasteiger partial charge on any atom is 0.325 e. The molecule has 0 bridgehead atoms. The van der Waals surface area contributed by atoms with Gasteiger partial charge in [0, 0.05) is 12.1 Å². The minimum Gasteiger partial charge on any atom is -0.480 e. The zero-order chi connectivity index (χ0) is 13.8. The van der Waals surface area contributed by atoms with Crippen LogP contribution in [0.5, 0.6) is 0 Å². The molecule has 1 aliphatic rings. The van der Waals surface area contributed by atoms with Crippen LogP contribution < -0.4 is 0 Å². The van der Waals surface area contributed by atoms with E-state index in [0.717, 1.165) is 17.3 Å². The SMILES string of the molecule is Cc1n[nH]c(C)n1.O=C(O)Cn1ccc(C2CC2)n1. The summed E-state index contributed by atoms with van der Waals surface area (Å²) in [5, 5.41) is 19.1. The Morgan fingerprint density at radius 2 is 2.26 bits per heavy atom. The average molecular weight is 263 g/mol. The number of aliphatic carboxylic acids is 1. The highest BCUT2D eigenvalue weighted by Crippen LogP contribution is 2.38. The zero-order valence-corrected chi connectivity index (χ0v) is 11.0. The minimum atomic E-state index is -0.847. The predicted molar refractivity (Wildman–Crippen MR) is 67.7 cm³/mol. The highest BCUT2D eigenvalue weighted by molar-refractivity contribution is 5.66.